The molecule has 2 N–H and O–H groups in total. The first-order valence-electron chi connectivity index (χ1n) is 9.82. The van der Waals surface area contributed by atoms with Gasteiger partial charge >= 0.3 is 0 Å². The third-order valence-electron chi connectivity index (χ3n) is 5.27. The zero-order chi connectivity index (χ0) is 21.4. The second kappa shape index (κ2) is 7.98. The summed E-state index contributed by atoms with van der Waals surface area (Å²) in [6.07, 6.45) is 7.02. The van der Waals surface area contributed by atoms with Gasteiger partial charge in [0.15, 0.2) is 5.65 Å². The molecule has 8 nitrogen and oxygen atoms in total. The van der Waals surface area contributed by atoms with Crippen LogP contribution in [0.2, 0.25) is 5.02 Å². The molecule has 0 atom stereocenters. The lowest BCUT2D eigenvalue weighted by molar-refractivity contribution is 0.0303. The zero-order valence-corrected chi connectivity index (χ0v) is 17.3. The number of hydrogen-bond donors (Lipinski definition) is 1. The summed E-state index contributed by atoms with van der Waals surface area (Å²) in [4.78, 5) is 27.5. The van der Waals surface area contributed by atoms with Crippen LogP contribution in [-0.2, 0) is 4.74 Å². The Balaban J connectivity index is 1.50. The Morgan fingerprint density at radius 2 is 1.87 bits per heavy atom. The molecule has 0 saturated carbocycles. The van der Waals surface area contributed by atoms with Gasteiger partial charge in [-0.25, -0.2) is 9.97 Å². The van der Waals surface area contributed by atoms with Crippen molar-refractivity contribution in [3.8, 4) is 22.5 Å². The number of morpholine rings is 1. The van der Waals surface area contributed by atoms with Crippen molar-refractivity contribution in [1.29, 1.82) is 0 Å². The van der Waals surface area contributed by atoms with E-state index in [4.69, 9.17) is 22.1 Å². The number of nitrogens with zero attached hydrogens (tertiary/aromatic N) is 5. The van der Waals surface area contributed by atoms with Gasteiger partial charge in [-0.05, 0) is 24.3 Å². The van der Waals surface area contributed by atoms with E-state index < -0.39 is 0 Å². The van der Waals surface area contributed by atoms with Crippen LogP contribution < -0.4 is 5.73 Å². The van der Waals surface area contributed by atoms with E-state index in [1.54, 1.807) is 41.7 Å². The van der Waals surface area contributed by atoms with Crippen molar-refractivity contribution >= 4 is 29.0 Å². The van der Waals surface area contributed by atoms with Crippen molar-refractivity contribution in [2.24, 2.45) is 0 Å². The number of rotatable bonds is 3. The van der Waals surface area contributed by atoms with Crippen LogP contribution in [0.25, 0.3) is 28.2 Å². The van der Waals surface area contributed by atoms with E-state index in [1.807, 2.05) is 22.7 Å². The molecule has 0 unspecified atom stereocenters. The summed E-state index contributed by atoms with van der Waals surface area (Å²) >= 11 is 6.49. The lowest BCUT2D eigenvalue weighted by atomic mass is 10.1. The molecule has 1 fully saturated rings. The van der Waals surface area contributed by atoms with Gasteiger partial charge in [0.05, 0.1) is 47.6 Å². The SMILES string of the molecule is Nc1cc(-c2cnc3cnc(-c4ccc(C(=O)N5CCOCC5)c(Cl)c4)cn23)ccn1. The second-order valence-corrected chi connectivity index (χ2v) is 7.62. The van der Waals surface area contributed by atoms with Crippen LogP contribution in [0.1, 0.15) is 10.4 Å². The predicted octanol–water partition coefficient (Wildman–Crippen LogP) is 3.17. The number of imidazole rings is 1. The fourth-order valence-electron chi connectivity index (χ4n) is 3.64. The van der Waals surface area contributed by atoms with Crippen LogP contribution >= 0.6 is 11.6 Å². The standard InChI is InChI=1S/C22H19ClN6O2/c23-17-9-14(1-2-16(17)22(30)28-5-7-31-8-6-28)18-13-29-19(11-27-21(29)12-26-18)15-3-4-25-20(24)10-15/h1-4,9-13H,5-8H2,(H2,24,25). The van der Waals surface area contributed by atoms with Crippen LogP contribution in [0, 0.1) is 0 Å². The topological polar surface area (TPSA) is 98.6 Å². The van der Waals surface area contributed by atoms with Gasteiger partial charge in [-0.3, -0.25) is 14.2 Å². The molecule has 156 valence electrons. The number of carbonyl (C=O) groups excluding carboxylic acids is 1. The fraction of sp³-hybridized carbons (Fsp3) is 0.182. The van der Waals surface area contributed by atoms with Gasteiger partial charge in [0.1, 0.15) is 5.82 Å². The monoisotopic (exact) mass is 434 g/mol. The number of nitrogen functional groups attached to an aromatic ring is 1. The second-order valence-electron chi connectivity index (χ2n) is 7.21. The number of carbonyl (C=O) groups is 1. The number of halogens is 1. The highest BCUT2D eigenvalue weighted by Gasteiger charge is 2.21. The number of hydrogen-bond acceptors (Lipinski definition) is 6. The van der Waals surface area contributed by atoms with Crippen LogP contribution in [0.15, 0.2) is 55.1 Å². The molecule has 0 spiro atoms. The lowest BCUT2D eigenvalue weighted by Gasteiger charge is -2.27. The highest BCUT2D eigenvalue weighted by Crippen LogP contribution is 2.28. The molecule has 3 aromatic heterocycles. The molecule has 0 aliphatic carbocycles. The van der Waals surface area contributed by atoms with Crippen LogP contribution in [0.4, 0.5) is 5.82 Å². The van der Waals surface area contributed by atoms with Crippen molar-refractivity contribution in [3.05, 3.63) is 65.7 Å². The molecular formula is C22H19ClN6O2. The van der Waals surface area contributed by atoms with E-state index in [0.29, 0.717) is 54.0 Å². The Labute approximate surface area is 183 Å². The van der Waals surface area contributed by atoms with Crippen LogP contribution in [0.3, 0.4) is 0 Å². The first kappa shape index (κ1) is 19.5. The summed E-state index contributed by atoms with van der Waals surface area (Å²) in [7, 11) is 0. The maximum Gasteiger partial charge on any atom is 0.255 e. The average molecular weight is 435 g/mol. The van der Waals surface area contributed by atoms with E-state index in [9.17, 15) is 4.79 Å². The summed E-state index contributed by atoms with van der Waals surface area (Å²) in [5.41, 5.74) is 10.3. The smallest absolute Gasteiger partial charge is 0.255 e. The van der Waals surface area contributed by atoms with Crippen molar-refractivity contribution in [3.63, 3.8) is 0 Å². The normalized spacial score (nSPS) is 14.2. The van der Waals surface area contributed by atoms with Crippen molar-refractivity contribution in [2.75, 3.05) is 32.0 Å². The first-order valence-corrected chi connectivity index (χ1v) is 10.2. The highest BCUT2D eigenvalue weighted by molar-refractivity contribution is 6.34. The van der Waals surface area contributed by atoms with E-state index in [-0.39, 0.29) is 5.91 Å². The van der Waals surface area contributed by atoms with E-state index in [0.717, 1.165) is 16.8 Å². The van der Waals surface area contributed by atoms with Gasteiger partial charge in [-0.1, -0.05) is 17.7 Å². The largest absolute Gasteiger partial charge is 0.384 e. The Morgan fingerprint density at radius 3 is 2.65 bits per heavy atom. The number of anilines is 1. The number of nitrogens with two attached hydrogens (primary N) is 1. The van der Waals surface area contributed by atoms with Crippen molar-refractivity contribution in [1.82, 2.24) is 24.3 Å². The summed E-state index contributed by atoms with van der Waals surface area (Å²) < 4.78 is 7.26. The maximum atomic E-state index is 12.8. The Kier molecular flexibility index (Phi) is 5.01. The quantitative estimate of drug-likeness (QED) is 0.531. The molecular weight excluding hydrogens is 416 g/mol. The number of fused-ring (bicyclic) bond motifs is 1. The summed E-state index contributed by atoms with van der Waals surface area (Å²) in [5.74, 6) is 0.351. The summed E-state index contributed by atoms with van der Waals surface area (Å²) in [6.45, 7) is 2.22. The molecule has 31 heavy (non-hydrogen) atoms. The van der Waals surface area contributed by atoms with Crippen molar-refractivity contribution in [2.45, 2.75) is 0 Å². The molecule has 4 aromatic rings. The van der Waals surface area contributed by atoms with E-state index in [1.165, 1.54) is 0 Å². The Hall–Kier alpha value is -3.49. The third kappa shape index (κ3) is 3.71. The van der Waals surface area contributed by atoms with Gasteiger partial charge in [-0.2, -0.15) is 0 Å². The van der Waals surface area contributed by atoms with E-state index in [2.05, 4.69) is 15.0 Å². The maximum absolute atomic E-state index is 12.8. The third-order valence-corrected chi connectivity index (χ3v) is 5.58. The molecule has 1 aliphatic heterocycles. The zero-order valence-electron chi connectivity index (χ0n) is 16.5. The molecule has 1 saturated heterocycles. The molecule has 9 heteroatoms. The lowest BCUT2D eigenvalue weighted by Crippen LogP contribution is -2.40. The molecule has 5 rings (SSSR count). The fourth-order valence-corrected chi connectivity index (χ4v) is 3.91. The average Bonchev–Trinajstić information content (AvgIpc) is 3.22. The Morgan fingerprint density at radius 1 is 1.03 bits per heavy atom. The molecule has 4 heterocycles. The van der Waals surface area contributed by atoms with Gasteiger partial charge in [-0.15, -0.1) is 0 Å². The molecule has 1 aliphatic rings. The number of aromatic nitrogens is 4. The molecule has 0 bridgehead atoms. The number of pyridine rings is 1. The molecule has 1 aromatic carbocycles. The van der Waals surface area contributed by atoms with E-state index >= 15 is 0 Å². The predicted molar refractivity (Wildman–Crippen MR) is 118 cm³/mol. The van der Waals surface area contributed by atoms with Crippen LogP contribution in [0.5, 0.6) is 0 Å². The first-order chi connectivity index (χ1) is 15.1. The van der Waals surface area contributed by atoms with Gasteiger partial charge in [0.25, 0.3) is 5.91 Å². The summed E-state index contributed by atoms with van der Waals surface area (Å²) in [6, 6.07) is 9.05. The number of ether oxygens (including phenoxy) is 1. The number of benzene rings is 1. The van der Waals surface area contributed by atoms with Gasteiger partial charge < -0.3 is 15.4 Å². The summed E-state index contributed by atoms with van der Waals surface area (Å²) in [5, 5.41) is 0.392. The number of amides is 1. The molecule has 1 amide bonds. The minimum atomic E-state index is -0.0876. The highest BCUT2D eigenvalue weighted by atomic mass is 35.5. The van der Waals surface area contributed by atoms with Gasteiger partial charge in [0, 0.05) is 36.6 Å². The van der Waals surface area contributed by atoms with Crippen LogP contribution in [-0.4, -0.2) is 56.5 Å². The van der Waals surface area contributed by atoms with Crippen molar-refractivity contribution < 1.29 is 9.53 Å². The molecule has 0 radical (unpaired) electrons. The minimum absolute atomic E-state index is 0.0876. The minimum Gasteiger partial charge on any atom is -0.384 e. The Bertz CT molecular complexity index is 1280. The van der Waals surface area contributed by atoms with Gasteiger partial charge in [0.2, 0.25) is 0 Å².